The first kappa shape index (κ1) is 10.7. The van der Waals surface area contributed by atoms with Crippen molar-refractivity contribution in [2.45, 2.75) is 6.04 Å². The van der Waals surface area contributed by atoms with Crippen LogP contribution in [0, 0.1) is 0 Å². The summed E-state index contributed by atoms with van der Waals surface area (Å²) in [6, 6.07) is -0.647. The topological polar surface area (TPSA) is 89.5 Å². The lowest BCUT2D eigenvalue weighted by Crippen LogP contribution is -2.40. The summed E-state index contributed by atoms with van der Waals surface area (Å²) in [5.41, 5.74) is 0. The molecule has 1 atom stereocenters. The molecule has 0 aromatic heterocycles. The molecular formula is C7H9NO5S. The molecule has 78 valence electrons. The van der Waals surface area contributed by atoms with Gasteiger partial charge in [-0.2, -0.15) is 0 Å². The normalized spacial score (nSPS) is 23.1. The maximum absolute atomic E-state index is 10.9. The number of sulfone groups is 1. The second kappa shape index (κ2) is 3.79. The van der Waals surface area contributed by atoms with E-state index in [2.05, 4.69) is 10.1 Å². The van der Waals surface area contributed by atoms with Crippen LogP contribution >= 0.6 is 0 Å². The number of hydrogen-bond acceptors (Lipinski definition) is 5. The van der Waals surface area contributed by atoms with Crippen molar-refractivity contribution in [2.75, 3.05) is 12.9 Å². The van der Waals surface area contributed by atoms with Crippen molar-refractivity contribution in [2.24, 2.45) is 0 Å². The van der Waals surface area contributed by atoms with Crippen LogP contribution in [-0.4, -0.2) is 39.2 Å². The first-order chi connectivity index (χ1) is 6.44. The molecule has 0 aromatic rings. The third-order valence-corrected chi connectivity index (χ3v) is 3.01. The van der Waals surface area contributed by atoms with Gasteiger partial charge in [-0.15, -0.1) is 0 Å². The molecule has 1 aliphatic rings. The van der Waals surface area contributed by atoms with Gasteiger partial charge in [0, 0.05) is 5.41 Å². The third kappa shape index (κ3) is 2.56. The van der Waals surface area contributed by atoms with Crippen molar-refractivity contribution in [3.8, 4) is 0 Å². The van der Waals surface area contributed by atoms with Crippen LogP contribution in [0.4, 0.5) is 0 Å². The molecule has 14 heavy (non-hydrogen) atoms. The molecule has 1 rings (SSSR count). The van der Waals surface area contributed by atoms with Gasteiger partial charge >= 0.3 is 11.9 Å². The highest BCUT2D eigenvalue weighted by molar-refractivity contribution is 7.94. The molecule has 0 aliphatic carbocycles. The van der Waals surface area contributed by atoms with Gasteiger partial charge in [-0.3, -0.25) is 4.79 Å². The number of methoxy groups -OCH3 is 1. The number of carbonyl (C=O) groups excluding carboxylic acids is 2. The highest BCUT2D eigenvalue weighted by Gasteiger charge is 2.25. The minimum Gasteiger partial charge on any atom is -0.462 e. The minimum atomic E-state index is -3.22. The van der Waals surface area contributed by atoms with Gasteiger partial charge in [-0.25, -0.2) is 13.2 Å². The minimum absolute atomic E-state index is 0.213. The Bertz CT molecular complexity index is 383. The van der Waals surface area contributed by atoms with Gasteiger partial charge in [0.25, 0.3) is 0 Å². The van der Waals surface area contributed by atoms with E-state index in [0.29, 0.717) is 0 Å². The van der Waals surface area contributed by atoms with Crippen LogP contribution in [0.3, 0.4) is 0 Å². The lowest BCUT2D eigenvalue weighted by molar-refractivity contribution is -0.152. The van der Waals surface area contributed by atoms with E-state index in [4.69, 9.17) is 0 Å². The second-order valence-electron chi connectivity index (χ2n) is 2.73. The monoisotopic (exact) mass is 219 g/mol. The smallest absolute Gasteiger partial charge is 0.396 e. The van der Waals surface area contributed by atoms with Gasteiger partial charge in [-0.05, 0) is 6.08 Å². The summed E-state index contributed by atoms with van der Waals surface area (Å²) in [6.45, 7) is 0. The van der Waals surface area contributed by atoms with Crippen molar-refractivity contribution in [1.29, 1.82) is 0 Å². The lowest BCUT2D eigenvalue weighted by Gasteiger charge is -2.07. The zero-order valence-corrected chi connectivity index (χ0v) is 8.21. The molecule has 1 aliphatic heterocycles. The number of esters is 1. The molecule has 0 bridgehead atoms. The van der Waals surface area contributed by atoms with Gasteiger partial charge in [-0.1, -0.05) is 0 Å². The van der Waals surface area contributed by atoms with E-state index in [-0.39, 0.29) is 5.75 Å². The van der Waals surface area contributed by atoms with Crippen LogP contribution in [0.15, 0.2) is 11.5 Å². The molecule has 6 nitrogen and oxygen atoms in total. The zero-order valence-electron chi connectivity index (χ0n) is 7.39. The lowest BCUT2D eigenvalue weighted by atomic mass is 10.3. The average molecular weight is 219 g/mol. The summed E-state index contributed by atoms with van der Waals surface area (Å²) in [4.78, 5) is 21.6. The summed E-state index contributed by atoms with van der Waals surface area (Å²) in [6.07, 6.45) is 1.32. The highest BCUT2D eigenvalue weighted by atomic mass is 32.2. The third-order valence-electron chi connectivity index (χ3n) is 1.62. The Morgan fingerprint density at radius 2 is 2.14 bits per heavy atom. The molecule has 0 unspecified atom stereocenters. The fourth-order valence-electron chi connectivity index (χ4n) is 0.986. The predicted molar refractivity (Wildman–Crippen MR) is 46.9 cm³/mol. The van der Waals surface area contributed by atoms with E-state index < -0.39 is 27.8 Å². The van der Waals surface area contributed by atoms with Gasteiger partial charge in [0.1, 0.15) is 0 Å². The van der Waals surface area contributed by atoms with Crippen LogP contribution in [0.2, 0.25) is 0 Å². The van der Waals surface area contributed by atoms with E-state index in [1.54, 1.807) is 0 Å². The molecule has 0 spiro atoms. The molecule has 0 fully saturated rings. The van der Waals surface area contributed by atoms with Crippen molar-refractivity contribution in [1.82, 2.24) is 5.32 Å². The largest absolute Gasteiger partial charge is 0.462 e. The standard InChI is InChI=1S/C7H9NO5S/c1-13-7(10)6(9)8-5-2-3-14(11,12)4-5/h2-3,5H,4H2,1H3,(H,8,9)/t5-/m0/s1. The predicted octanol–water partition coefficient (Wildman–Crippen LogP) is -1.41. The van der Waals surface area contributed by atoms with Gasteiger partial charge in [0.2, 0.25) is 0 Å². The average Bonchev–Trinajstić information content (AvgIpc) is 2.44. The Kier molecular flexibility index (Phi) is 2.90. The second-order valence-corrected chi connectivity index (χ2v) is 4.66. The maximum Gasteiger partial charge on any atom is 0.396 e. The van der Waals surface area contributed by atoms with E-state index in [9.17, 15) is 18.0 Å². The number of nitrogens with one attached hydrogen (secondary N) is 1. The number of carbonyl (C=O) groups is 2. The number of hydrogen-bond donors (Lipinski definition) is 1. The van der Waals surface area contributed by atoms with Crippen LogP contribution in [0.25, 0.3) is 0 Å². The molecule has 1 heterocycles. The van der Waals surface area contributed by atoms with Gasteiger partial charge < -0.3 is 10.1 Å². The van der Waals surface area contributed by atoms with Crippen LogP contribution in [0.5, 0.6) is 0 Å². The molecule has 0 radical (unpaired) electrons. The first-order valence-electron chi connectivity index (χ1n) is 3.74. The van der Waals surface area contributed by atoms with Crippen molar-refractivity contribution < 1.29 is 22.7 Å². The fraction of sp³-hybridized carbons (Fsp3) is 0.429. The Morgan fingerprint density at radius 3 is 2.57 bits per heavy atom. The molecule has 1 amide bonds. The number of ether oxygens (including phenoxy) is 1. The molecular weight excluding hydrogens is 210 g/mol. The first-order valence-corrected chi connectivity index (χ1v) is 5.46. The number of amides is 1. The fourth-order valence-corrected chi connectivity index (χ4v) is 2.22. The Balaban J connectivity index is 2.53. The molecule has 0 saturated carbocycles. The van der Waals surface area contributed by atoms with Crippen LogP contribution < -0.4 is 5.32 Å². The van der Waals surface area contributed by atoms with Crippen molar-refractivity contribution in [3.05, 3.63) is 11.5 Å². The molecule has 0 saturated heterocycles. The summed E-state index contributed by atoms with van der Waals surface area (Å²) < 4.78 is 26.0. The molecule has 0 aromatic carbocycles. The number of rotatable bonds is 1. The van der Waals surface area contributed by atoms with Gasteiger partial charge in [0.05, 0.1) is 18.9 Å². The van der Waals surface area contributed by atoms with E-state index in [1.807, 2.05) is 0 Å². The van der Waals surface area contributed by atoms with E-state index in [1.165, 1.54) is 6.08 Å². The maximum atomic E-state index is 10.9. The summed E-state index contributed by atoms with van der Waals surface area (Å²) in [5.74, 6) is -2.20. The summed E-state index contributed by atoms with van der Waals surface area (Å²) in [5, 5.41) is 3.21. The SMILES string of the molecule is COC(=O)C(=O)N[C@H]1C=CS(=O)(=O)C1. The Hall–Kier alpha value is -1.37. The highest BCUT2D eigenvalue weighted by Crippen LogP contribution is 2.07. The zero-order chi connectivity index (χ0) is 10.8. The van der Waals surface area contributed by atoms with Gasteiger partial charge in [0.15, 0.2) is 9.84 Å². The van der Waals surface area contributed by atoms with E-state index >= 15 is 0 Å². The summed E-state index contributed by atoms with van der Waals surface area (Å²) in [7, 11) is -2.15. The molecule has 7 heteroatoms. The van der Waals surface area contributed by atoms with Crippen LogP contribution in [-0.2, 0) is 24.2 Å². The quantitative estimate of drug-likeness (QED) is 0.432. The van der Waals surface area contributed by atoms with Crippen LogP contribution in [0.1, 0.15) is 0 Å². The van der Waals surface area contributed by atoms with Crippen molar-refractivity contribution in [3.63, 3.8) is 0 Å². The Morgan fingerprint density at radius 1 is 1.50 bits per heavy atom. The molecule has 1 N–H and O–H groups in total. The van der Waals surface area contributed by atoms with E-state index in [0.717, 1.165) is 12.5 Å². The summed E-state index contributed by atoms with van der Waals surface area (Å²) >= 11 is 0. The Labute approximate surface area is 80.8 Å². The van der Waals surface area contributed by atoms with Crippen molar-refractivity contribution >= 4 is 21.7 Å².